The van der Waals surface area contributed by atoms with Gasteiger partial charge in [-0.25, -0.2) is 4.99 Å². The highest BCUT2D eigenvalue weighted by Crippen LogP contribution is 2.32. The summed E-state index contributed by atoms with van der Waals surface area (Å²) in [6.45, 7) is 0. The maximum absolute atomic E-state index is 10.7. The van der Waals surface area contributed by atoms with E-state index in [9.17, 15) is 4.79 Å². The van der Waals surface area contributed by atoms with E-state index >= 15 is 0 Å². The van der Waals surface area contributed by atoms with Crippen molar-refractivity contribution in [3.05, 3.63) is 59.7 Å². The zero-order valence-electron chi connectivity index (χ0n) is 9.67. The minimum atomic E-state index is 0.705. The topological polar surface area (TPSA) is 29.4 Å². The number of nitrogens with zero attached hydrogens (tertiary/aromatic N) is 1. The van der Waals surface area contributed by atoms with E-state index in [0.717, 1.165) is 28.3 Å². The maximum Gasteiger partial charge on any atom is 0.150 e. The van der Waals surface area contributed by atoms with Crippen molar-refractivity contribution >= 4 is 28.8 Å². The second-order valence-electron chi connectivity index (χ2n) is 4.10. The molecule has 1 aliphatic rings. The van der Waals surface area contributed by atoms with Gasteiger partial charge in [0.15, 0.2) is 0 Å². The summed E-state index contributed by atoms with van der Waals surface area (Å²) in [4.78, 5) is 16.4. The molecule has 3 heteroatoms. The maximum atomic E-state index is 10.7. The van der Waals surface area contributed by atoms with Crippen molar-refractivity contribution in [2.45, 2.75) is 11.3 Å². The highest BCUT2D eigenvalue weighted by atomic mass is 32.2. The summed E-state index contributed by atoms with van der Waals surface area (Å²) in [6, 6.07) is 15.8. The molecule has 0 radical (unpaired) electrons. The van der Waals surface area contributed by atoms with Gasteiger partial charge in [-0.2, -0.15) is 0 Å². The second kappa shape index (κ2) is 4.78. The van der Waals surface area contributed by atoms with Crippen molar-refractivity contribution in [3.8, 4) is 0 Å². The predicted octanol–water partition coefficient (Wildman–Crippen LogP) is 3.88. The van der Waals surface area contributed by atoms with Gasteiger partial charge in [-0.15, -0.1) is 0 Å². The summed E-state index contributed by atoms with van der Waals surface area (Å²) in [6.07, 6.45) is 1.75. The third kappa shape index (κ3) is 2.22. The quantitative estimate of drug-likeness (QED) is 0.760. The summed E-state index contributed by atoms with van der Waals surface area (Å²) in [5.74, 6) is 0. The molecule has 0 saturated heterocycles. The van der Waals surface area contributed by atoms with E-state index in [1.807, 2.05) is 42.5 Å². The largest absolute Gasteiger partial charge is 0.298 e. The number of aliphatic imine (C=N–C) groups is 1. The summed E-state index contributed by atoms with van der Waals surface area (Å²) in [5, 5.41) is 1.08. The van der Waals surface area contributed by atoms with Gasteiger partial charge in [-0.3, -0.25) is 4.79 Å². The molecule has 2 nitrogen and oxygen atoms in total. The van der Waals surface area contributed by atoms with Crippen LogP contribution in [0.5, 0.6) is 0 Å². The molecule has 0 atom stereocenters. The summed E-state index contributed by atoms with van der Waals surface area (Å²) in [7, 11) is 0. The summed E-state index contributed by atoms with van der Waals surface area (Å²) >= 11 is 1.63. The Hall–Kier alpha value is -1.87. The molecule has 0 aliphatic carbocycles. The first-order chi connectivity index (χ1) is 8.85. The van der Waals surface area contributed by atoms with E-state index in [1.54, 1.807) is 11.8 Å². The molecule has 0 fully saturated rings. The number of rotatable bonds is 2. The van der Waals surface area contributed by atoms with Crippen LogP contribution in [0.2, 0.25) is 0 Å². The highest BCUT2D eigenvalue weighted by Gasteiger charge is 2.14. The third-order valence-corrected chi connectivity index (χ3v) is 3.77. The second-order valence-corrected chi connectivity index (χ2v) is 5.25. The van der Waals surface area contributed by atoms with Crippen molar-refractivity contribution in [2.75, 3.05) is 0 Å². The average molecular weight is 253 g/mol. The van der Waals surface area contributed by atoms with Crippen LogP contribution in [0.1, 0.15) is 15.9 Å². The number of carbonyl (C=O) groups excluding carboxylic acids is 1. The number of hydrogen-bond acceptors (Lipinski definition) is 3. The lowest BCUT2D eigenvalue weighted by molar-refractivity contribution is 0.112. The minimum Gasteiger partial charge on any atom is -0.298 e. The normalized spacial score (nSPS) is 13.0. The summed E-state index contributed by atoms with van der Waals surface area (Å²) < 4.78 is 0. The van der Waals surface area contributed by atoms with Gasteiger partial charge in [0.25, 0.3) is 0 Å². The van der Waals surface area contributed by atoms with Crippen LogP contribution in [0.25, 0.3) is 0 Å². The molecule has 0 bridgehead atoms. The molecule has 0 N–H and O–H groups in total. The molecule has 2 aromatic carbocycles. The third-order valence-electron chi connectivity index (χ3n) is 2.81. The number of aldehydes is 1. The van der Waals surface area contributed by atoms with Gasteiger partial charge in [-0.1, -0.05) is 42.1 Å². The zero-order valence-corrected chi connectivity index (χ0v) is 10.5. The van der Waals surface area contributed by atoms with E-state index in [1.165, 1.54) is 5.56 Å². The van der Waals surface area contributed by atoms with Crippen molar-refractivity contribution < 1.29 is 4.79 Å². The molecule has 1 aliphatic heterocycles. The van der Waals surface area contributed by atoms with Gasteiger partial charge in [0.2, 0.25) is 0 Å². The Morgan fingerprint density at radius 1 is 1.11 bits per heavy atom. The van der Waals surface area contributed by atoms with Crippen molar-refractivity contribution in [1.29, 1.82) is 0 Å². The first-order valence-corrected chi connectivity index (χ1v) is 6.55. The average Bonchev–Trinajstić information content (AvgIpc) is 2.81. The Bertz CT molecular complexity index is 634. The van der Waals surface area contributed by atoms with E-state index < -0.39 is 0 Å². The lowest BCUT2D eigenvalue weighted by atomic mass is 10.2. The molecule has 0 amide bonds. The van der Waals surface area contributed by atoms with Crippen LogP contribution >= 0.6 is 11.8 Å². The van der Waals surface area contributed by atoms with Crippen molar-refractivity contribution in [2.24, 2.45) is 4.99 Å². The molecular weight excluding hydrogens is 242 g/mol. The van der Waals surface area contributed by atoms with Crippen LogP contribution in [0.4, 0.5) is 5.69 Å². The van der Waals surface area contributed by atoms with Crippen LogP contribution in [0.15, 0.2) is 58.4 Å². The minimum absolute atomic E-state index is 0.705. The van der Waals surface area contributed by atoms with E-state index in [4.69, 9.17) is 0 Å². The molecule has 18 heavy (non-hydrogen) atoms. The lowest BCUT2D eigenvalue weighted by Gasteiger charge is -2.01. The molecule has 3 rings (SSSR count). The van der Waals surface area contributed by atoms with E-state index in [-0.39, 0.29) is 0 Å². The van der Waals surface area contributed by atoms with Gasteiger partial charge in [0.05, 0.1) is 10.7 Å². The fraction of sp³-hybridized carbons (Fsp3) is 0.0667. The Labute approximate surface area is 110 Å². The smallest absolute Gasteiger partial charge is 0.150 e. The van der Waals surface area contributed by atoms with E-state index in [0.29, 0.717) is 5.56 Å². The molecule has 2 aromatic rings. The van der Waals surface area contributed by atoms with Gasteiger partial charge in [0, 0.05) is 16.9 Å². The standard InChI is InChI=1S/C15H11NOS/c17-10-11-4-3-6-13(8-11)18-15-9-12-5-1-2-7-14(12)16-15/h1-8,10H,9H2. The van der Waals surface area contributed by atoms with E-state index in [2.05, 4.69) is 11.1 Å². The van der Waals surface area contributed by atoms with Crippen LogP contribution in [0, 0.1) is 0 Å². The number of hydrogen-bond donors (Lipinski definition) is 0. The molecular formula is C15H11NOS. The van der Waals surface area contributed by atoms with Gasteiger partial charge in [0.1, 0.15) is 6.29 Å². The highest BCUT2D eigenvalue weighted by molar-refractivity contribution is 8.14. The Morgan fingerprint density at radius 2 is 2.00 bits per heavy atom. The molecule has 0 saturated carbocycles. The van der Waals surface area contributed by atoms with Crippen LogP contribution in [-0.2, 0) is 6.42 Å². The fourth-order valence-electron chi connectivity index (χ4n) is 1.95. The van der Waals surface area contributed by atoms with Gasteiger partial charge >= 0.3 is 0 Å². The van der Waals surface area contributed by atoms with Gasteiger partial charge < -0.3 is 0 Å². The molecule has 1 heterocycles. The number of fused-ring (bicyclic) bond motifs is 1. The molecule has 0 spiro atoms. The Balaban J connectivity index is 1.81. The van der Waals surface area contributed by atoms with Crippen LogP contribution in [-0.4, -0.2) is 11.3 Å². The zero-order chi connectivity index (χ0) is 12.4. The first-order valence-electron chi connectivity index (χ1n) is 5.74. The first kappa shape index (κ1) is 11.2. The number of thioether (sulfide) groups is 1. The molecule has 88 valence electrons. The fourth-order valence-corrected chi connectivity index (χ4v) is 2.94. The number of para-hydroxylation sites is 1. The van der Waals surface area contributed by atoms with Gasteiger partial charge in [-0.05, 0) is 23.8 Å². The molecule has 0 unspecified atom stereocenters. The monoisotopic (exact) mass is 253 g/mol. The Kier molecular flexibility index (Phi) is 2.99. The Morgan fingerprint density at radius 3 is 2.83 bits per heavy atom. The lowest BCUT2D eigenvalue weighted by Crippen LogP contribution is -1.91. The van der Waals surface area contributed by atoms with Crippen molar-refractivity contribution in [3.63, 3.8) is 0 Å². The predicted molar refractivity (Wildman–Crippen MR) is 74.9 cm³/mol. The number of benzene rings is 2. The number of carbonyl (C=O) groups is 1. The molecule has 0 aromatic heterocycles. The SMILES string of the molecule is O=Cc1cccc(SC2=Nc3ccccc3C2)c1. The summed E-state index contributed by atoms with van der Waals surface area (Å²) in [5.41, 5.74) is 3.04. The van der Waals surface area contributed by atoms with Crippen LogP contribution < -0.4 is 0 Å². The van der Waals surface area contributed by atoms with Crippen molar-refractivity contribution in [1.82, 2.24) is 0 Å². The van der Waals surface area contributed by atoms with Crippen LogP contribution in [0.3, 0.4) is 0 Å².